The summed E-state index contributed by atoms with van der Waals surface area (Å²) in [5.41, 5.74) is 0. The molecule has 0 aliphatic rings. The summed E-state index contributed by atoms with van der Waals surface area (Å²) in [5.74, 6) is -0.972. The Bertz CT molecular complexity index is 1700. The molecule has 0 aliphatic carbocycles. The van der Waals surface area contributed by atoms with Crippen molar-refractivity contribution in [3.8, 4) is 0 Å². The number of carbonyl (C=O) groups excluding carboxylic acids is 3. The van der Waals surface area contributed by atoms with E-state index in [1.165, 1.54) is 96.3 Å². The molecule has 434 valence electrons. The predicted molar refractivity (Wildman–Crippen MR) is 334 cm³/mol. The molecule has 0 N–H and O–H groups in total. The molecule has 0 amide bonds. The fourth-order valence-electron chi connectivity index (χ4n) is 8.22. The van der Waals surface area contributed by atoms with E-state index >= 15 is 0 Å². The molecule has 0 aromatic heterocycles. The van der Waals surface area contributed by atoms with Crippen LogP contribution in [0.4, 0.5) is 0 Å². The molecule has 0 heterocycles. The van der Waals surface area contributed by atoms with Gasteiger partial charge in [0, 0.05) is 19.3 Å². The van der Waals surface area contributed by atoms with Crippen molar-refractivity contribution in [2.24, 2.45) is 0 Å². The van der Waals surface area contributed by atoms with Gasteiger partial charge in [-0.25, -0.2) is 0 Å². The van der Waals surface area contributed by atoms with Gasteiger partial charge in [-0.1, -0.05) is 276 Å². The topological polar surface area (TPSA) is 78.9 Å². The Morgan fingerprint density at radius 1 is 0.273 bits per heavy atom. The number of rotatable bonds is 55. The molecule has 0 spiro atoms. The molecule has 0 bridgehead atoms. The summed E-state index contributed by atoms with van der Waals surface area (Å²) in [4.78, 5) is 38.0. The first-order chi connectivity index (χ1) is 38.0. The predicted octanol–water partition coefficient (Wildman–Crippen LogP) is 21.5. The minimum atomic E-state index is -0.809. The maximum absolute atomic E-state index is 12.8. The van der Waals surface area contributed by atoms with E-state index in [9.17, 15) is 14.4 Å². The number of carbonyl (C=O) groups is 3. The van der Waals surface area contributed by atoms with E-state index in [1.807, 2.05) is 0 Å². The highest BCUT2D eigenvalue weighted by Gasteiger charge is 2.19. The molecule has 0 saturated heterocycles. The van der Waals surface area contributed by atoms with Gasteiger partial charge in [-0.3, -0.25) is 14.4 Å². The van der Waals surface area contributed by atoms with E-state index in [0.717, 1.165) is 122 Å². The van der Waals surface area contributed by atoms with Crippen molar-refractivity contribution >= 4 is 17.9 Å². The fourth-order valence-corrected chi connectivity index (χ4v) is 8.22. The van der Waals surface area contributed by atoms with E-state index in [0.29, 0.717) is 19.3 Å². The van der Waals surface area contributed by atoms with Crippen molar-refractivity contribution in [1.29, 1.82) is 0 Å². The lowest BCUT2D eigenvalue weighted by atomic mass is 10.0. The Balaban J connectivity index is 4.13. The first kappa shape index (κ1) is 72.3. The summed E-state index contributed by atoms with van der Waals surface area (Å²) in [5, 5.41) is 0. The van der Waals surface area contributed by atoms with Crippen molar-refractivity contribution in [2.75, 3.05) is 13.2 Å². The summed E-state index contributed by atoms with van der Waals surface area (Å²) in [6.45, 7) is 6.31. The van der Waals surface area contributed by atoms with Gasteiger partial charge in [-0.05, 0) is 116 Å². The third-order valence-corrected chi connectivity index (χ3v) is 12.8. The Kier molecular flexibility index (Phi) is 59.9. The Morgan fingerprint density at radius 2 is 0.519 bits per heavy atom. The molecule has 0 aliphatic heterocycles. The van der Waals surface area contributed by atoms with Crippen LogP contribution in [0.5, 0.6) is 0 Å². The van der Waals surface area contributed by atoms with Crippen molar-refractivity contribution in [1.82, 2.24) is 0 Å². The van der Waals surface area contributed by atoms with Crippen LogP contribution in [-0.2, 0) is 28.6 Å². The van der Waals surface area contributed by atoms with E-state index in [1.54, 1.807) is 0 Å². The van der Waals surface area contributed by atoms with Crippen LogP contribution in [0, 0.1) is 0 Å². The van der Waals surface area contributed by atoms with Crippen LogP contribution in [0.15, 0.2) is 146 Å². The third-order valence-electron chi connectivity index (χ3n) is 12.8. The van der Waals surface area contributed by atoms with E-state index in [-0.39, 0.29) is 37.5 Å². The Morgan fingerprint density at radius 3 is 0.831 bits per heavy atom. The molecule has 77 heavy (non-hydrogen) atoms. The molecule has 6 nitrogen and oxygen atoms in total. The Labute approximate surface area is 474 Å². The maximum Gasteiger partial charge on any atom is 0.306 e. The zero-order chi connectivity index (χ0) is 55.7. The highest BCUT2D eigenvalue weighted by Crippen LogP contribution is 2.15. The first-order valence-corrected chi connectivity index (χ1v) is 31.3. The SMILES string of the molecule is CC/C=C\C/C=C\C/C=C\C/C=C\C/C=C\C/C=C\C/C=C\CCCCCCCCCCCCCCCC(=O)OCC(COC(=O)CCCCCCCCC)OC(=O)CCC/C=C\C/C=C\C/C=C\C/C=C\C/C=C\CC. The van der Waals surface area contributed by atoms with Gasteiger partial charge in [0.15, 0.2) is 6.10 Å². The molecular weight excluding hydrogens is 949 g/mol. The molecule has 1 unspecified atom stereocenters. The quantitative estimate of drug-likeness (QED) is 0.0261. The zero-order valence-electron chi connectivity index (χ0n) is 49.7. The average Bonchev–Trinajstić information content (AvgIpc) is 3.43. The maximum atomic E-state index is 12.8. The summed E-state index contributed by atoms with van der Waals surface area (Å²) in [7, 11) is 0. The highest BCUT2D eigenvalue weighted by atomic mass is 16.6. The highest BCUT2D eigenvalue weighted by molar-refractivity contribution is 5.71. The van der Waals surface area contributed by atoms with Gasteiger partial charge >= 0.3 is 17.9 Å². The van der Waals surface area contributed by atoms with Crippen LogP contribution in [0.2, 0.25) is 0 Å². The standard InChI is InChI=1S/C71H114O6/c1-4-7-10-13-16-18-20-22-24-26-27-28-29-30-31-32-33-34-35-36-37-38-39-40-41-42-43-45-46-48-50-52-55-58-61-64-70(73)76-67-68(66-75-69(72)63-60-57-54-15-12-9-6-3)77-71(74)65-62-59-56-53-51-49-47-44-25-23-21-19-17-14-11-8-5-2/h7-8,10-11,16-19,22-25,27-28,30-31,33-34,36-37,47,49,53,56,68H,4-6,9,12-15,20-21,26,29,32,35,38-46,48,50-52,54-55,57-67H2,1-3H3/b10-7-,11-8-,18-16-,19-17-,24-22-,25-23-,28-27-,31-30-,34-33-,37-36-,49-47-,56-53-. The van der Waals surface area contributed by atoms with Crippen molar-refractivity contribution in [3.05, 3.63) is 146 Å². The fraction of sp³-hybridized carbons (Fsp3) is 0.620. The van der Waals surface area contributed by atoms with Crippen LogP contribution >= 0.6 is 0 Å². The summed E-state index contributed by atoms with van der Waals surface area (Å²) >= 11 is 0. The van der Waals surface area contributed by atoms with Gasteiger partial charge in [-0.15, -0.1) is 0 Å². The number of allylic oxidation sites excluding steroid dienone is 24. The van der Waals surface area contributed by atoms with Gasteiger partial charge in [0.2, 0.25) is 0 Å². The van der Waals surface area contributed by atoms with E-state index in [4.69, 9.17) is 14.2 Å². The van der Waals surface area contributed by atoms with Crippen molar-refractivity contribution in [2.45, 2.75) is 271 Å². The van der Waals surface area contributed by atoms with Crippen LogP contribution in [0.25, 0.3) is 0 Å². The number of esters is 3. The molecule has 0 fully saturated rings. The molecule has 0 aromatic rings. The lowest BCUT2D eigenvalue weighted by Gasteiger charge is -2.18. The van der Waals surface area contributed by atoms with E-state index < -0.39 is 6.10 Å². The summed E-state index contributed by atoms with van der Waals surface area (Å²) in [6, 6.07) is 0. The van der Waals surface area contributed by atoms with Gasteiger partial charge < -0.3 is 14.2 Å². The van der Waals surface area contributed by atoms with Crippen LogP contribution in [-0.4, -0.2) is 37.2 Å². The largest absolute Gasteiger partial charge is 0.462 e. The molecular formula is C71H114O6. The van der Waals surface area contributed by atoms with Gasteiger partial charge in [-0.2, -0.15) is 0 Å². The second-order valence-corrected chi connectivity index (χ2v) is 20.2. The number of hydrogen-bond acceptors (Lipinski definition) is 6. The lowest BCUT2D eigenvalue weighted by molar-refractivity contribution is -0.167. The molecule has 0 rings (SSSR count). The molecule has 6 heteroatoms. The second-order valence-electron chi connectivity index (χ2n) is 20.2. The van der Waals surface area contributed by atoms with Crippen molar-refractivity contribution < 1.29 is 28.6 Å². The Hall–Kier alpha value is -4.71. The van der Waals surface area contributed by atoms with Crippen LogP contribution < -0.4 is 0 Å². The zero-order valence-corrected chi connectivity index (χ0v) is 49.7. The van der Waals surface area contributed by atoms with E-state index in [2.05, 4.69) is 167 Å². The number of unbranched alkanes of at least 4 members (excludes halogenated alkanes) is 20. The molecule has 0 radical (unpaired) electrons. The number of ether oxygens (including phenoxy) is 3. The van der Waals surface area contributed by atoms with Crippen LogP contribution in [0.1, 0.15) is 265 Å². The second kappa shape index (κ2) is 63.8. The molecule has 1 atom stereocenters. The van der Waals surface area contributed by atoms with Gasteiger partial charge in [0.1, 0.15) is 13.2 Å². The lowest BCUT2D eigenvalue weighted by Crippen LogP contribution is -2.30. The third kappa shape index (κ3) is 62.0. The molecule has 0 saturated carbocycles. The van der Waals surface area contributed by atoms with Crippen LogP contribution in [0.3, 0.4) is 0 Å². The summed E-state index contributed by atoms with van der Waals surface area (Å²) in [6.07, 6.45) is 91.8. The number of hydrogen-bond donors (Lipinski definition) is 0. The minimum Gasteiger partial charge on any atom is -0.462 e. The van der Waals surface area contributed by atoms with Gasteiger partial charge in [0.25, 0.3) is 0 Å². The molecule has 0 aromatic carbocycles. The normalized spacial score (nSPS) is 13.1. The first-order valence-electron chi connectivity index (χ1n) is 31.3. The smallest absolute Gasteiger partial charge is 0.306 e. The van der Waals surface area contributed by atoms with Gasteiger partial charge in [0.05, 0.1) is 0 Å². The summed E-state index contributed by atoms with van der Waals surface area (Å²) < 4.78 is 16.7. The van der Waals surface area contributed by atoms with Crippen molar-refractivity contribution in [3.63, 3.8) is 0 Å². The minimum absolute atomic E-state index is 0.103. The monoisotopic (exact) mass is 1060 g/mol. The average molecular weight is 1060 g/mol.